The maximum absolute atomic E-state index is 14.2. The molecule has 5 N–H and O–H groups in total. The van der Waals surface area contributed by atoms with Gasteiger partial charge in [-0.1, -0.05) is 24.3 Å². The topological polar surface area (TPSA) is 112 Å². The zero-order valence-electron chi connectivity index (χ0n) is 18.6. The molecule has 0 bridgehead atoms. The van der Waals surface area contributed by atoms with Gasteiger partial charge in [0.05, 0.1) is 12.1 Å². The molecule has 0 radical (unpaired) electrons. The Morgan fingerprint density at radius 2 is 1.88 bits per heavy atom. The van der Waals surface area contributed by atoms with Crippen LogP contribution in [0.4, 0.5) is 16.0 Å². The second-order valence-electron chi connectivity index (χ2n) is 8.78. The predicted molar refractivity (Wildman–Crippen MR) is 131 cm³/mol. The molecule has 34 heavy (non-hydrogen) atoms. The number of piperidine rings is 1. The van der Waals surface area contributed by atoms with Crippen LogP contribution in [0.3, 0.4) is 0 Å². The van der Waals surface area contributed by atoms with Gasteiger partial charge < -0.3 is 16.8 Å². The van der Waals surface area contributed by atoms with Crippen LogP contribution in [0.1, 0.15) is 30.0 Å². The van der Waals surface area contributed by atoms with Crippen molar-refractivity contribution in [1.29, 1.82) is 0 Å². The van der Waals surface area contributed by atoms with E-state index in [2.05, 4.69) is 26.6 Å². The number of fused-ring (bicyclic) bond motifs is 2. The highest BCUT2D eigenvalue weighted by atomic mass is 19.1. The molecule has 0 amide bonds. The lowest BCUT2D eigenvalue weighted by Crippen LogP contribution is -2.27. The predicted octanol–water partition coefficient (Wildman–Crippen LogP) is 3.56. The van der Waals surface area contributed by atoms with Gasteiger partial charge in [-0.3, -0.25) is 0 Å². The summed E-state index contributed by atoms with van der Waals surface area (Å²) >= 11 is 0. The van der Waals surface area contributed by atoms with E-state index >= 15 is 0 Å². The molecule has 172 valence electrons. The monoisotopic (exact) mass is 456 g/mol. The molecule has 8 nitrogen and oxygen atoms in total. The van der Waals surface area contributed by atoms with Crippen molar-refractivity contribution in [3.63, 3.8) is 0 Å². The maximum atomic E-state index is 14.2. The zero-order chi connectivity index (χ0) is 23.2. The molecule has 0 spiro atoms. The Morgan fingerprint density at radius 3 is 2.71 bits per heavy atom. The lowest BCUT2D eigenvalue weighted by molar-refractivity contribution is 0.448. The Balaban J connectivity index is 1.45. The van der Waals surface area contributed by atoms with E-state index in [0.717, 1.165) is 59.2 Å². The van der Waals surface area contributed by atoms with Gasteiger partial charge in [-0.15, -0.1) is 0 Å². The van der Waals surface area contributed by atoms with Gasteiger partial charge in [0, 0.05) is 28.1 Å². The van der Waals surface area contributed by atoms with Gasteiger partial charge in [0.15, 0.2) is 5.82 Å². The number of nitrogens with one attached hydrogen (secondary N) is 1. The summed E-state index contributed by atoms with van der Waals surface area (Å²) in [5.41, 5.74) is 17.8. The van der Waals surface area contributed by atoms with E-state index in [-0.39, 0.29) is 12.4 Å². The van der Waals surface area contributed by atoms with Crippen molar-refractivity contribution in [3.05, 3.63) is 71.9 Å². The highest BCUT2D eigenvalue weighted by Gasteiger charge is 2.23. The Kier molecular flexibility index (Phi) is 4.91. The molecular formula is C25H25FN8. The summed E-state index contributed by atoms with van der Waals surface area (Å²) < 4.78 is 17.8. The molecule has 1 saturated heterocycles. The van der Waals surface area contributed by atoms with Crippen molar-refractivity contribution in [2.45, 2.75) is 25.3 Å². The van der Waals surface area contributed by atoms with Gasteiger partial charge in [-0.25, -0.2) is 18.6 Å². The number of anilines is 2. The number of benzene rings is 2. The van der Waals surface area contributed by atoms with Crippen LogP contribution in [0.25, 0.3) is 27.5 Å². The summed E-state index contributed by atoms with van der Waals surface area (Å²) in [4.78, 5) is 4.25. The van der Waals surface area contributed by atoms with Crippen molar-refractivity contribution < 1.29 is 4.39 Å². The van der Waals surface area contributed by atoms with Crippen LogP contribution in [0.2, 0.25) is 0 Å². The van der Waals surface area contributed by atoms with E-state index in [1.54, 1.807) is 22.9 Å². The van der Waals surface area contributed by atoms with Crippen LogP contribution < -0.4 is 16.8 Å². The third-order valence-electron chi connectivity index (χ3n) is 6.74. The third-order valence-corrected chi connectivity index (χ3v) is 6.74. The Morgan fingerprint density at radius 1 is 1.06 bits per heavy atom. The fraction of sp³-hybridized carbons (Fsp3) is 0.240. The number of hydrogen-bond donors (Lipinski definition) is 3. The lowest BCUT2D eigenvalue weighted by Gasteiger charge is -2.22. The van der Waals surface area contributed by atoms with Gasteiger partial charge in [0.2, 0.25) is 0 Å². The van der Waals surface area contributed by atoms with Gasteiger partial charge in [0.25, 0.3) is 0 Å². The highest BCUT2D eigenvalue weighted by Crippen LogP contribution is 2.37. The summed E-state index contributed by atoms with van der Waals surface area (Å²) in [6.07, 6.45) is 3.60. The fourth-order valence-corrected chi connectivity index (χ4v) is 4.95. The van der Waals surface area contributed by atoms with Gasteiger partial charge in [0.1, 0.15) is 23.5 Å². The van der Waals surface area contributed by atoms with Crippen molar-refractivity contribution in [2.24, 2.45) is 0 Å². The summed E-state index contributed by atoms with van der Waals surface area (Å²) in [5, 5.41) is 13.5. The van der Waals surface area contributed by atoms with Crippen LogP contribution in [0.15, 0.2) is 54.9 Å². The molecule has 0 atom stereocenters. The Labute approximate surface area is 195 Å². The minimum absolute atomic E-state index is 0.262. The number of hydrogen-bond acceptors (Lipinski definition) is 6. The smallest absolute Gasteiger partial charge is 0.151 e. The lowest BCUT2D eigenvalue weighted by atomic mass is 9.94. The molecule has 0 unspecified atom stereocenters. The van der Waals surface area contributed by atoms with Gasteiger partial charge in [-0.05, 0) is 55.8 Å². The first kappa shape index (κ1) is 20.6. The molecule has 0 saturated carbocycles. The molecule has 3 aromatic heterocycles. The molecule has 1 fully saturated rings. The standard InChI is InChI=1S/C25H25FN8/c26-20-4-2-1-3-17(20)13-33-25(28)18-6-5-16(11-21(18)32-33)19-12-22(15-7-9-29-10-8-15)34-23(19)24(27)30-14-31-34/h1-6,11-12,14-15,29H,7-10,13,28H2,(H2,27,30,31). The quantitative estimate of drug-likeness (QED) is 0.381. The maximum Gasteiger partial charge on any atom is 0.151 e. The highest BCUT2D eigenvalue weighted by molar-refractivity contribution is 5.96. The number of nitrogens with two attached hydrogens (primary N) is 2. The second-order valence-corrected chi connectivity index (χ2v) is 8.78. The molecule has 1 aliphatic heterocycles. The number of nitrogen functional groups attached to an aromatic ring is 2. The third kappa shape index (κ3) is 3.36. The molecule has 2 aromatic carbocycles. The van der Waals surface area contributed by atoms with E-state index in [9.17, 15) is 4.39 Å². The molecule has 0 aliphatic carbocycles. The average molecular weight is 457 g/mol. The summed E-state index contributed by atoms with van der Waals surface area (Å²) in [6.45, 7) is 2.23. The Bertz CT molecular complexity index is 1510. The molecular weight excluding hydrogens is 431 g/mol. The summed E-state index contributed by atoms with van der Waals surface area (Å²) in [6, 6.07) is 14.8. The van der Waals surface area contributed by atoms with E-state index in [1.165, 1.54) is 12.4 Å². The first-order valence-corrected chi connectivity index (χ1v) is 11.4. The van der Waals surface area contributed by atoms with Gasteiger partial charge >= 0.3 is 0 Å². The van der Waals surface area contributed by atoms with Crippen molar-refractivity contribution in [2.75, 3.05) is 24.6 Å². The second kappa shape index (κ2) is 8.11. The fourth-order valence-electron chi connectivity index (χ4n) is 4.95. The van der Waals surface area contributed by atoms with Crippen LogP contribution in [0.5, 0.6) is 0 Å². The normalized spacial score (nSPS) is 14.9. The van der Waals surface area contributed by atoms with Crippen molar-refractivity contribution >= 4 is 28.1 Å². The average Bonchev–Trinajstić information content (AvgIpc) is 3.40. The van der Waals surface area contributed by atoms with Crippen LogP contribution in [-0.2, 0) is 6.54 Å². The Hall–Kier alpha value is -3.98. The van der Waals surface area contributed by atoms with Crippen molar-refractivity contribution in [1.82, 2.24) is 29.7 Å². The first-order valence-electron chi connectivity index (χ1n) is 11.4. The van der Waals surface area contributed by atoms with Gasteiger partial charge in [-0.2, -0.15) is 10.2 Å². The van der Waals surface area contributed by atoms with Crippen LogP contribution in [-0.4, -0.2) is 37.5 Å². The molecule has 6 rings (SSSR count). The van der Waals surface area contributed by atoms with Crippen molar-refractivity contribution in [3.8, 4) is 11.1 Å². The summed E-state index contributed by atoms with van der Waals surface area (Å²) in [7, 11) is 0. The van der Waals surface area contributed by atoms with E-state index < -0.39 is 0 Å². The molecule has 5 aromatic rings. The van der Waals surface area contributed by atoms with Crippen LogP contribution >= 0.6 is 0 Å². The minimum Gasteiger partial charge on any atom is -0.383 e. The number of rotatable bonds is 4. The SMILES string of the molecule is Nc1ncnn2c(C3CCNCC3)cc(-c3ccc4c(N)n(Cc5ccccc5F)nc4c3)c12. The number of aromatic nitrogens is 5. The van der Waals surface area contributed by atoms with E-state index in [4.69, 9.17) is 11.5 Å². The molecule has 1 aliphatic rings. The molecule has 4 heterocycles. The van der Waals surface area contributed by atoms with E-state index in [0.29, 0.717) is 23.1 Å². The first-order chi connectivity index (χ1) is 16.6. The largest absolute Gasteiger partial charge is 0.383 e. The summed E-state index contributed by atoms with van der Waals surface area (Å²) in [5.74, 6) is 1.07. The number of nitrogens with zero attached hydrogens (tertiary/aromatic N) is 5. The zero-order valence-corrected chi connectivity index (χ0v) is 18.6. The minimum atomic E-state index is -0.275. The number of halogens is 1. The van der Waals surface area contributed by atoms with Crippen LogP contribution in [0, 0.1) is 5.82 Å². The van der Waals surface area contributed by atoms with E-state index in [1.807, 2.05) is 22.7 Å². The molecule has 9 heteroatoms.